The summed E-state index contributed by atoms with van der Waals surface area (Å²) in [5.74, 6) is 0.703. The fraction of sp³-hybridized carbons (Fsp3) is 0.150. The molecule has 9 heteroatoms. The second-order valence-electron chi connectivity index (χ2n) is 6.55. The zero-order valence-corrected chi connectivity index (χ0v) is 15.7. The highest BCUT2D eigenvalue weighted by Crippen LogP contribution is 2.23. The molecule has 2 aromatic carbocycles. The Kier molecular flexibility index (Phi) is 5.02. The van der Waals surface area contributed by atoms with E-state index in [1.54, 1.807) is 23.1 Å². The molecule has 2 heterocycles. The second-order valence-corrected chi connectivity index (χ2v) is 6.55. The maximum atomic E-state index is 10.8. The molecular formula is C20H19N7O2. The Labute approximate surface area is 166 Å². The first kappa shape index (κ1) is 18.4. The number of non-ortho nitro benzene ring substituents is 1. The number of nitrogens with one attached hydrogen (secondary N) is 2. The van der Waals surface area contributed by atoms with Gasteiger partial charge in [-0.05, 0) is 18.1 Å². The smallest absolute Gasteiger partial charge is 0.269 e. The summed E-state index contributed by atoms with van der Waals surface area (Å²) in [5.41, 5.74) is 5.92. The third-order valence-electron chi connectivity index (χ3n) is 4.60. The SMILES string of the molecule is C[C@@H](Nc1ncnc2c1cnn2NCc1ccc([N+](=O)[O-])cc1)c1ccccc1. The first-order valence-electron chi connectivity index (χ1n) is 9.09. The molecule has 2 aromatic heterocycles. The lowest BCUT2D eigenvalue weighted by molar-refractivity contribution is -0.384. The number of nitrogens with zero attached hydrogens (tertiary/aromatic N) is 5. The molecule has 0 aliphatic rings. The second kappa shape index (κ2) is 7.93. The van der Waals surface area contributed by atoms with Crippen molar-refractivity contribution in [1.82, 2.24) is 19.9 Å². The molecular weight excluding hydrogens is 370 g/mol. The van der Waals surface area contributed by atoms with Crippen LogP contribution in [0, 0.1) is 10.1 Å². The zero-order chi connectivity index (χ0) is 20.2. The largest absolute Gasteiger partial charge is 0.363 e. The van der Waals surface area contributed by atoms with Crippen LogP contribution in [0.1, 0.15) is 24.1 Å². The quantitative estimate of drug-likeness (QED) is 0.366. The third-order valence-corrected chi connectivity index (χ3v) is 4.60. The molecule has 0 fully saturated rings. The number of anilines is 1. The van der Waals surface area contributed by atoms with Crippen molar-refractivity contribution in [3.05, 3.63) is 88.4 Å². The van der Waals surface area contributed by atoms with E-state index in [1.807, 2.05) is 18.2 Å². The van der Waals surface area contributed by atoms with E-state index in [9.17, 15) is 10.1 Å². The fourth-order valence-electron chi connectivity index (χ4n) is 3.01. The van der Waals surface area contributed by atoms with Crippen molar-refractivity contribution in [2.24, 2.45) is 0 Å². The van der Waals surface area contributed by atoms with E-state index in [2.05, 4.69) is 44.9 Å². The molecule has 4 rings (SSSR count). The molecule has 0 saturated heterocycles. The van der Waals surface area contributed by atoms with Crippen LogP contribution in [0.15, 0.2) is 67.1 Å². The minimum Gasteiger partial charge on any atom is -0.363 e. The number of rotatable bonds is 7. The maximum Gasteiger partial charge on any atom is 0.269 e. The highest BCUT2D eigenvalue weighted by molar-refractivity contribution is 5.86. The first-order chi connectivity index (χ1) is 14.1. The molecule has 0 bridgehead atoms. The highest BCUT2D eigenvalue weighted by atomic mass is 16.6. The fourth-order valence-corrected chi connectivity index (χ4v) is 3.01. The summed E-state index contributed by atoms with van der Waals surface area (Å²) in [6.45, 7) is 2.52. The Morgan fingerprint density at radius 1 is 1.10 bits per heavy atom. The van der Waals surface area contributed by atoms with E-state index < -0.39 is 4.92 Å². The number of fused-ring (bicyclic) bond motifs is 1. The van der Waals surface area contributed by atoms with Gasteiger partial charge in [-0.3, -0.25) is 10.1 Å². The van der Waals surface area contributed by atoms with E-state index in [1.165, 1.54) is 18.5 Å². The summed E-state index contributed by atoms with van der Waals surface area (Å²) in [7, 11) is 0. The molecule has 0 radical (unpaired) electrons. The van der Waals surface area contributed by atoms with Crippen LogP contribution in [0.3, 0.4) is 0 Å². The molecule has 9 nitrogen and oxygen atoms in total. The Hall–Kier alpha value is -4.01. The van der Waals surface area contributed by atoms with Crippen molar-refractivity contribution in [3.8, 4) is 0 Å². The predicted octanol–water partition coefficient (Wildman–Crippen LogP) is 3.65. The standard InChI is InChI=1S/C20H19N7O2/c1-14(16-5-3-2-4-6-16)25-19-18-12-24-26(20(18)22-13-21-19)23-11-15-7-9-17(10-8-15)27(28)29/h2-10,12-14,23H,11H2,1H3,(H,21,22,25)/t14-/m1/s1. The molecule has 29 heavy (non-hydrogen) atoms. The van der Waals surface area contributed by atoms with Crippen LogP contribution >= 0.6 is 0 Å². The number of aromatic nitrogens is 4. The number of benzene rings is 2. The minimum atomic E-state index is -0.417. The molecule has 0 aliphatic carbocycles. The van der Waals surface area contributed by atoms with E-state index >= 15 is 0 Å². The van der Waals surface area contributed by atoms with E-state index in [0.717, 1.165) is 16.5 Å². The van der Waals surface area contributed by atoms with E-state index in [-0.39, 0.29) is 11.7 Å². The lowest BCUT2D eigenvalue weighted by Gasteiger charge is -2.15. The molecule has 1 atom stereocenters. The number of nitro groups is 1. The van der Waals surface area contributed by atoms with Gasteiger partial charge in [0, 0.05) is 18.2 Å². The van der Waals surface area contributed by atoms with Crippen molar-refractivity contribution < 1.29 is 4.92 Å². The summed E-state index contributed by atoms with van der Waals surface area (Å²) in [6, 6.07) is 16.6. The molecule has 0 spiro atoms. The Bertz CT molecular complexity index is 1130. The van der Waals surface area contributed by atoms with E-state index in [0.29, 0.717) is 18.0 Å². The molecule has 0 saturated carbocycles. The van der Waals surface area contributed by atoms with Crippen LogP contribution in [0.5, 0.6) is 0 Å². The summed E-state index contributed by atoms with van der Waals surface area (Å²) in [6.07, 6.45) is 3.20. The number of hydrogen-bond acceptors (Lipinski definition) is 7. The summed E-state index contributed by atoms with van der Waals surface area (Å²) >= 11 is 0. The average molecular weight is 389 g/mol. The van der Waals surface area contributed by atoms with Gasteiger partial charge >= 0.3 is 0 Å². The third kappa shape index (κ3) is 3.98. The van der Waals surface area contributed by atoms with Crippen molar-refractivity contribution in [1.29, 1.82) is 0 Å². The summed E-state index contributed by atoms with van der Waals surface area (Å²) in [5, 5.41) is 19.3. The van der Waals surface area contributed by atoms with Gasteiger partial charge in [-0.15, -0.1) is 0 Å². The van der Waals surface area contributed by atoms with Gasteiger partial charge < -0.3 is 10.7 Å². The summed E-state index contributed by atoms with van der Waals surface area (Å²) < 4.78 is 0. The van der Waals surface area contributed by atoms with Gasteiger partial charge in [-0.2, -0.15) is 9.89 Å². The molecule has 0 unspecified atom stereocenters. The lowest BCUT2D eigenvalue weighted by atomic mass is 10.1. The van der Waals surface area contributed by atoms with Gasteiger partial charge in [0.1, 0.15) is 12.1 Å². The van der Waals surface area contributed by atoms with Crippen LogP contribution < -0.4 is 10.7 Å². The van der Waals surface area contributed by atoms with Crippen LogP contribution in [0.2, 0.25) is 0 Å². The molecule has 0 aliphatic heterocycles. The molecule has 0 amide bonds. The molecule has 2 N–H and O–H groups in total. The van der Waals surface area contributed by atoms with Gasteiger partial charge in [0.25, 0.3) is 5.69 Å². The highest BCUT2D eigenvalue weighted by Gasteiger charge is 2.13. The Morgan fingerprint density at radius 2 is 1.86 bits per heavy atom. The minimum absolute atomic E-state index is 0.0642. The van der Waals surface area contributed by atoms with Crippen LogP contribution in [-0.4, -0.2) is 24.8 Å². The monoisotopic (exact) mass is 389 g/mol. The van der Waals surface area contributed by atoms with Crippen molar-refractivity contribution in [2.75, 3.05) is 10.7 Å². The van der Waals surface area contributed by atoms with Gasteiger partial charge in [-0.1, -0.05) is 42.5 Å². The van der Waals surface area contributed by atoms with Crippen LogP contribution in [0.4, 0.5) is 11.5 Å². The molecule has 146 valence electrons. The number of nitro benzene ring substituents is 1. The zero-order valence-electron chi connectivity index (χ0n) is 15.7. The average Bonchev–Trinajstić information content (AvgIpc) is 3.17. The van der Waals surface area contributed by atoms with Gasteiger partial charge in [0.15, 0.2) is 5.65 Å². The maximum absolute atomic E-state index is 10.8. The molecule has 4 aromatic rings. The van der Waals surface area contributed by atoms with Crippen molar-refractivity contribution >= 4 is 22.5 Å². The van der Waals surface area contributed by atoms with Crippen molar-refractivity contribution in [2.45, 2.75) is 19.5 Å². The van der Waals surface area contributed by atoms with Gasteiger partial charge in [-0.25, -0.2) is 9.97 Å². The predicted molar refractivity (Wildman–Crippen MR) is 110 cm³/mol. The van der Waals surface area contributed by atoms with E-state index in [4.69, 9.17) is 0 Å². The van der Waals surface area contributed by atoms with Crippen molar-refractivity contribution in [3.63, 3.8) is 0 Å². The summed E-state index contributed by atoms with van der Waals surface area (Å²) in [4.78, 5) is 20.6. The topological polar surface area (TPSA) is 111 Å². The number of hydrogen-bond donors (Lipinski definition) is 2. The lowest BCUT2D eigenvalue weighted by Crippen LogP contribution is -2.16. The normalized spacial score (nSPS) is 11.9. The van der Waals surface area contributed by atoms with Crippen LogP contribution in [0.25, 0.3) is 11.0 Å². The Balaban J connectivity index is 1.50. The van der Waals surface area contributed by atoms with Crippen LogP contribution in [-0.2, 0) is 6.54 Å². The Morgan fingerprint density at radius 3 is 2.59 bits per heavy atom. The van der Waals surface area contributed by atoms with Gasteiger partial charge in [0.2, 0.25) is 0 Å². The first-order valence-corrected chi connectivity index (χ1v) is 9.09. The van der Waals surface area contributed by atoms with Gasteiger partial charge in [0.05, 0.1) is 23.1 Å².